The zero-order valence-corrected chi connectivity index (χ0v) is 15.3. The van der Waals surface area contributed by atoms with Crippen molar-refractivity contribution in [1.29, 1.82) is 0 Å². The molecule has 1 saturated heterocycles. The summed E-state index contributed by atoms with van der Waals surface area (Å²) in [5, 5.41) is 23.0. The van der Waals surface area contributed by atoms with E-state index in [2.05, 4.69) is 20.8 Å². The van der Waals surface area contributed by atoms with Crippen LogP contribution in [0.4, 0.5) is 0 Å². The Morgan fingerprint density at radius 3 is 2.81 bits per heavy atom. The van der Waals surface area contributed by atoms with Crippen LogP contribution in [0.5, 0.6) is 0 Å². The number of benzene rings is 1. The van der Waals surface area contributed by atoms with E-state index in [1.54, 1.807) is 6.08 Å². The van der Waals surface area contributed by atoms with Crippen molar-refractivity contribution < 1.29 is 19.5 Å². The Balaban J connectivity index is 1.74. The molecule has 8 nitrogen and oxygen atoms in total. The Hall–Kier alpha value is -2.94. The van der Waals surface area contributed by atoms with Crippen molar-refractivity contribution in [2.75, 3.05) is 6.54 Å². The molecule has 0 bridgehead atoms. The normalized spacial score (nSPS) is 18.3. The van der Waals surface area contributed by atoms with Crippen molar-refractivity contribution >= 4 is 47.0 Å². The Morgan fingerprint density at radius 1 is 1.30 bits per heavy atom. The molecule has 2 N–H and O–H groups in total. The summed E-state index contributed by atoms with van der Waals surface area (Å²) in [6.45, 7) is 0.227. The number of carbonyl (C=O) groups is 3. The molecule has 27 heavy (non-hydrogen) atoms. The van der Waals surface area contributed by atoms with Gasteiger partial charge in [-0.1, -0.05) is 48.2 Å². The highest BCUT2D eigenvalue weighted by molar-refractivity contribution is 8.15. The minimum Gasteiger partial charge on any atom is -0.550 e. The monoisotopic (exact) mass is 387 g/mol. The molecular weight excluding hydrogens is 368 g/mol. The fourth-order valence-electron chi connectivity index (χ4n) is 2.13. The minimum atomic E-state index is -1.16. The summed E-state index contributed by atoms with van der Waals surface area (Å²) in [4.78, 5) is 33.9. The van der Waals surface area contributed by atoms with E-state index in [1.807, 2.05) is 36.4 Å². The first-order chi connectivity index (χ1) is 13.0. The lowest BCUT2D eigenvalue weighted by atomic mass is 10.2. The Bertz CT molecular complexity index is 762. The van der Waals surface area contributed by atoms with Crippen molar-refractivity contribution in [1.82, 2.24) is 10.6 Å². The van der Waals surface area contributed by atoms with E-state index < -0.39 is 11.2 Å². The maximum Gasteiger partial charge on any atom is 0.240 e. The summed E-state index contributed by atoms with van der Waals surface area (Å²) in [7, 11) is 0. The second kappa shape index (κ2) is 10.9. The second-order valence-electron chi connectivity index (χ2n) is 5.56. The summed E-state index contributed by atoms with van der Waals surface area (Å²) in [5.74, 6) is -1.79. The summed E-state index contributed by atoms with van der Waals surface area (Å²) in [6.07, 6.45) is 5.26. The highest BCUT2D eigenvalue weighted by Gasteiger charge is 2.32. The molecule has 1 fully saturated rings. The van der Waals surface area contributed by atoms with Gasteiger partial charge in [-0.3, -0.25) is 9.59 Å². The molecule has 0 aliphatic carbocycles. The number of carboxylic acid groups (broad SMARTS) is 1. The summed E-state index contributed by atoms with van der Waals surface area (Å²) < 4.78 is 0. The first kappa shape index (κ1) is 20.4. The van der Waals surface area contributed by atoms with E-state index in [0.717, 1.165) is 17.3 Å². The Kier molecular flexibility index (Phi) is 8.24. The van der Waals surface area contributed by atoms with Crippen LogP contribution in [0.1, 0.15) is 24.8 Å². The Morgan fingerprint density at radius 2 is 2.07 bits per heavy atom. The van der Waals surface area contributed by atoms with Crippen molar-refractivity contribution in [3.05, 3.63) is 42.0 Å². The number of nitrogens with one attached hydrogen (secondary N) is 2. The van der Waals surface area contributed by atoms with Gasteiger partial charge in [-0.25, -0.2) is 0 Å². The number of nitrogens with zero attached hydrogens (tertiary/aromatic N) is 2. The molecular formula is C18H19N4O4S-. The predicted molar refractivity (Wildman–Crippen MR) is 103 cm³/mol. The number of carbonyl (C=O) groups excluding carboxylic acids is 3. The topological polar surface area (TPSA) is 123 Å². The lowest BCUT2D eigenvalue weighted by molar-refractivity contribution is -0.305. The average molecular weight is 387 g/mol. The van der Waals surface area contributed by atoms with E-state index in [1.165, 1.54) is 6.21 Å². The van der Waals surface area contributed by atoms with Crippen LogP contribution in [0.2, 0.25) is 0 Å². The number of hydrogen-bond donors (Lipinski definition) is 2. The van der Waals surface area contributed by atoms with Gasteiger partial charge in [0.2, 0.25) is 11.8 Å². The fourth-order valence-corrected chi connectivity index (χ4v) is 3.05. The SMILES string of the molecule is O=C([O-])CCCNC(=O)CC1SC(=NN=CC=Cc2ccccc2)NC1=O. The van der Waals surface area contributed by atoms with E-state index in [4.69, 9.17) is 0 Å². The molecule has 0 spiro atoms. The first-order valence-corrected chi connectivity index (χ1v) is 9.19. The molecule has 1 unspecified atom stereocenters. The molecule has 0 aromatic heterocycles. The van der Waals surface area contributed by atoms with Gasteiger partial charge in [0.05, 0.1) is 0 Å². The molecule has 1 aliphatic heterocycles. The van der Waals surface area contributed by atoms with Crippen LogP contribution in [-0.4, -0.2) is 41.0 Å². The van der Waals surface area contributed by atoms with E-state index in [9.17, 15) is 19.5 Å². The number of aliphatic carboxylic acids is 1. The zero-order valence-electron chi connectivity index (χ0n) is 14.5. The van der Waals surface area contributed by atoms with Crippen LogP contribution in [0.25, 0.3) is 6.08 Å². The summed E-state index contributed by atoms with van der Waals surface area (Å²) >= 11 is 1.13. The minimum absolute atomic E-state index is 0.0154. The first-order valence-electron chi connectivity index (χ1n) is 8.31. The van der Waals surface area contributed by atoms with Crippen LogP contribution < -0.4 is 15.7 Å². The van der Waals surface area contributed by atoms with Gasteiger partial charge in [-0.15, -0.1) is 5.10 Å². The van der Waals surface area contributed by atoms with Crippen LogP contribution in [0.15, 0.2) is 46.6 Å². The van der Waals surface area contributed by atoms with Crippen LogP contribution in [0, 0.1) is 0 Å². The van der Waals surface area contributed by atoms with Crippen molar-refractivity contribution in [2.45, 2.75) is 24.5 Å². The molecule has 0 saturated carbocycles. The zero-order chi connectivity index (χ0) is 19.5. The lowest BCUT2D eigenvalue weighted by Gasteiger charge is -2.07. The third-order valence-corrected chi connectivity index (χ3v) is 4.49. The summed E-state index contributed by atoms with van der Waals surface area (Å²) in [5.41, 5.74) is 1.03. The second-order valence-corrected chi connectivity index (χ2v) is 6.76. The van der Waals surface area contributed by atoms with Gasteiger partial charge in [-0.2, -0.15) is 5.10 Å². The predicted octanol–water partition coefficient (Wildman–Crippen LogP) is 0.310. The van der Waals surface area contributed by atoms with Crippen LogP contribution in [-0.2, 0) is 14.4 Å². The van der Waals surface area contributed by atoms with E-state index in [-0.39, 0.29) is 37.6 Å². The molecule has 1 aromatic rings. The lowest BCUT2D eigenvalue weighted by Crippen LogP contribution is -2.32. The third-order valence-electron chi connectivity index (χ3n) is 3.42. The standard InChI is InChI=1S/C18H20N4O4S/c23-15(19-10-5-9-16(24)25)12-14-17(26)21-18(27-14)22-20-11-4-8-13-6-2-1-3-7-13/h1-4,6-8,11,14H,5,9-10,12H2,(H,19,23)(H,24,25)(H,21,22,26)/p-1. The molecule has 1 atom stereocenters. The maximum absolute atomic E-state index is 11.9. The smallest absolute Gasteiger partial charge is 0.240 e. The molecule has 2 rings (SSSR count). The third kappa shape index (κ3) is 7.87. The number of amides is 2. The highest BCUT2D eigenvalue weighted by Crippen LogP contribution is 2.22. The van der Waals surface area contributed by atoms with Gasteiger partial charge in [0, 0.05) is 25.1 Å². The van der Waals surface area contributed by atoms with Gasteiger partial charge in [0.25, 0.3) is 0 Å². The summed E-state index contributed by atoms with van der Waals surface area (Å²) in [6, 6.07) is 9.71. The van der Waals surface area contributed by atoms with E-state index >= 15 is 0 Å². The molecule has 0 radical (unpaired) electrons. The van der Waals surface area contributed by atoms with Crippen molar-refractivity contribution in [2.24, 2.45) is 10.2 Å². The van der Waals surface area contributed by atoms with Gasteiger partial charge in [-0.05, 0) is 24.5 Å². The van der Waals surface area contributed by atoms with Crippen molar-refractivity contribution in [3.63, 3.8) is 0 Å². The molecule has 9 heteroatoms. The molecule has 142 valence electrons. The molecule has 1 heterocycles. The fraction of sp³-hybridized carbons (Fsp3) is 0.278. The number of amidine groups is 1. The number of allylic oxidation sites excluding steroid dienone is 1. The maximum atomic E-state index is 11.9. The number of carboxylic acids is 1. The van der Waals surface area contributed by atoms with Crippen LogP contribution in [0.3, 0.4) is 0 Å². The molecule has 1 aliphatic rings. The van der Waals surface area contributed by atoms with Gasteiger partial charge in [0.15, 0.2) is 5.17 Å². The Labute approximate surface area is 160 Å². The van der Waals surface area contributed by atoms with Crippen molar-refractivity contribution in [3.8, 4) is 0 Å². The average Bonchev–Trinajstić information content (AvgIpc) is 2.98. The van der Waals surface area contributed by atoms with Gasteiger partial charge >= 0.3 is 0 Å². The number of rotatable bonds is 9. The van der Waals surface area contributed by atoms with Crippen LogP contribution >= 0.6 is 11.8 Å². The van der Waals surface area contributed by atoms with E-state index in [0.29, 0.717) is 5.17 Å². The van der Waals surface area contributed by atoms with Gasteiger partial charge < -0.3 is 20.5 Å². The molecule has 2 amide bonds. The number of hydrogen-bond acceptors (Lipinski definition) is 7. The largest absolute Gasteiger partial charge is 0.550 e. The quantitative estimate of drug-likeness (QED) is 0.359. The number of thioether (sulfide) groups is 1. The van der Waals surface area contributed by atoms with Gasteiger partial charge in [0.1, 0.15) is 5.25 Å². The highest BCUT2D eigenvalue weighted by atomic mass is 32.2. The molecule has 1 aromatic carbocycles.